The molecule has 1 aliphatic rings. The number of Topliss-reactive ketones (excluding diaryl/α,β-unsaturated/α-hetero) is 1. The number of alkyl halides is 1. The first-order chi connectivity index (χ1) is 10.2. The van der Waals surface area contributed by atoms with E-state index in [1.165, 1.54) is 6.20 Å². The quantitative estimate of drug-likeness (QED) is 0.620. The van der Waals surface area contributed by atoms with Crippen molar-refractivity contribution in [1.82, 2.24) is 9.78 Å². The van der Waals surface area contributed by atoms with Gasteiger partial charge in [0.15, 0.2) is 5.82 Å². The fourth-order valence-electron chi connectivity index (χ4n) is 2.45. The first kappa shape index (κ1) is 15.5. The molecule has 110 valence electrons. The highest BCUT2D eigenvalue weighted by Gasteiger charge is 2.25. The minimum atomic E-state index is 0.0599. The van der Waals surface area contributed by atoms with Gasteiger partial charge in [-0.2, -0.15) is 10.4 Å². The Labute approximate surface area is 128 Å². The van der Waals surface area contributed by atoms with E-state index in [1.807, 2.05) is 0 Å². The van der Waals surface area contributed by atoms with Crippen LogP contribution in [-0.4, -0.2) is 27.2 Å². The number of hydrogen-bond acceptors (Lipinski definition) is 4. The predicted molar refractivity (Wildman–Crippen MR) is 81.9 cm³/mol. The van der Waals surface area contributed by atoms with Gasteiger partial charge in [0.25, 0.3) is 0 Å². The summed E-state index contributed by atoms with van der Waals surface area (Å²) in [6, 6.07) is 2.07. The Bertz CT molecular complexity index is 612. The Hall–Kier alpha value is -1.93. The number of hydrogen-bond donors (Lipinski definition) is 0. The van der Waals surface area contributed by atoms with E-state index in [9.17, 15) is 4.79 Å². The first-order valence-corrected chi connectivity index (χ1v) is 7.45. The molecule has 0 bridgehead atoms. The fourth-order valence-corrected chi connectivity index (χ4v) is 2.61. The fraction of sp³-hybridized carbons (Fsp3) is 0.467. The lowest BCUT2D eigenvalue weighted by atomic mass is 9.84. The van der Waals surface area contributed by atoms with Crippen molar-refractivity contribution in [3.63, 3.8) is 0 Å². The summed E-state index contributed by atoms with van der Waals surface area (Å²) < 4.78 is 1.61. The van der Waals surface area contributed by atoms with Crippen LogP contribution in [-0.2, 0) is 11.3 Å². The maximum Gasteiger partial charge on any atom is 0.168 e. The molecule has 0 aliphatic heterocycles. The number of aliphatic imine (C=N–C) groups is 1. The van der Waals surface area contributed by atoms with Crippen molar-refractivity contribution >= 4 is 28.9 Å². The van der Waals surface area contributed by atoms with Gasteiger partial charge in [-0.05, 0) is 19.3 Å². The number of allylic oxidation sites excluding steroid dienone is 1. The molecule has 1 saturated carbocycles. The molecule has 5 nitrogen and oxygen atoms in total. The SMILES string of the molecule is C=CCC1CCC(=Nc2c(C#N)cnn2CCCl)CC1=O. The molecule has 21 heavy (non-hydrogen) atoms. The number of aromatic nitrogens is 2. The van der Waals surface area contributed by atoms with Crippen LogP contribution in [0, 0.1) is 17.2 Å². The summed E-state index contributed by atoms with van der Waals surface area (Å²) in [4.78, 5) is 16.6. The van der Waals surface area contributed by atoms with Gasteiger partial charge in [-0.25, -0.2) is 9.67 Å². The molecule has 1 aromatic rings. The zero-order chi connectivity index (χ0) is 15.2. The largest absolute Gasteiger partial charge is 0.299 e. The third-order valence-electron chi connectivity index (χ3n) is 3.56. The van der Waals surface area contributed by atoms with Crippen molar-refractivity contribution in [2.45, 2.75) is 32.2 Å². The molecule has 0 amide bonds. The summed E-state index contributed by atoms with van der Waals surface area (Å²) in [5.41, 5.74) is 1.22. The minimum Gasteiger partial charge on any atom is -0.299 e. The van der Waals surface area contributed by atoms with Crippen molar-refractivity contribution in [3.05, 3.63) is 24.4 Å². The molecule has 0 radical (unpaired) electrons. The van der Waals surface area contributed by atoms with Gasteiger partial charge in [-0.3, -0.25) is 4.79 Å². The molecule has 2 rings (SSSR count). The highest BCUT2D eigenvalue weighted by atomic mass is 35.5. The Kier molecular flexibility index (Phi) is 5.29. The highest BCUT2D eigenvalue weighted by Crippen LogP contribution is 2.26. The minimum absolute atomic E-state index is 0.0599. The smallest absolute Gasteiger partial charge is 0.168 e. The Morgan fingerprint density at radius 1 is 1.67 bits per heavy atom. The molecule has 1 fully saturated rings. The summed E-state index contributed by atoms with van der Waals surface area (Å²) in [6.07, 6.45) is 5.89. The van der Waals surface area contributed by atoms with Crippen LogP contribution < -0.4 is 0 Å². The molecule has 1 aromatic heterocycles. The Morgan fingerprint density at radius 3 is 3.10 bits per heavy atom. The molecule has 1 atom stereocenters. The van der Waals surface area contributed by atoms with E-state index in [0.29, 0.717) is 30.2 Å². The standard InChI is InChI=1S/C15H17ClN4O/c1-2-3-11-4-5-13(8-14(11)21)19-15-12(9-17)10-18-20(15)7-6-16/h2,10-11H,1,3-8H2. The summed E-state index contributed by atoms with van der Waals surface area (Å²) in [6.45, 7) is 4.17. The van der Waals surface area contributed by atoms with E-state index in [4.69, 9.17) is 16.9 Å². The van der Waals surface area contributed by atoms with Crippen LogP contribution in [0.15, 0.2) is 23.8 Å². The molecule has 1 aliphatic carbocycles. The number of nitriles is 1. The van der Waals surface area contributed by atoms with Gasteiger partial charge >= 0.3 is 0 Å². The van der Waals surface area contributed by atoms with Crippen molar-refractivity contribution in [2.24, 2.45) is 10.9 Å². The van der Waals surface area contributed by atoms with E-state index in [1.54, 1.807) is 10.8 Å². The molecule has 1 heterocycles. The van der Waals surface area contributed by atoms with E-state index >= 15 is 0 Å². The first-order valence-electron chi connectivity index (χ1n) is 6.91. The second kappa shape index (κ2) is 7.19. The van der Waals surface area contributed by atoms with Gasteiger partial charge < -0.3 is 0 Å². The molecule has 0 aromatic carbocycles. The van der Waals surface area contributed by atoms with Crippen molar-refractivity contribution in [2.75, 3.05) is 5.88 Å². The zero-order valence-corrected chi connectivity index (χ0v) is 12.5. The molecular formula is C15H17ClN4O. The summed E-state index contributed by atoms with van der Waals surface area (Å²) in [7, 11) is 0. The zero-order valence-electron chi connectivity index (χ0n) is 11.8. The van der Waals surface area contributed by atoms with Crippen LogP contribution in [0.3, 0.4) is 0 Å². The van der Waals surface area contributed by atoms with Gasteiger partial charge in [0.05, 0.1) is 12.7 Å². The second-order valence-corrected chi connectivity index (χ2v) is 5.36. The van der Waals surface area contributed by atoms with Crippen LogP contribution in [0.5, 0.6) is 0 Å². The molecule has 1 unspecified atom stereocenters. The van der Waals surface area contributed by atoms with Crippen molar-refractivity contribution in [3.8, 4) is 6.07 Å². The number of aryl methyl sites for hydroxylation is 1. The van der Waals surface area contributed by atoms with E-state index in [-0.39, 0.29) is 11.7 Å². The van der Waals surface area contributed by atoms with Gasteiger partial charge in [0.1, 0.15) is 17.4 Å². The van der Waals surface area contributed by atoms with Crippen LogP contribution in [0.2, 0.25) is 0 Å². The predicted octanol–water partition coefficient (Wildman–Crippen LogP) is 3.01. The Morgan fingerprint density at radius 2 is 2.48 bits per heavy atom. The van der Waals surface area contributed by atoms with Crippen LogP contribution in [0.4, 0.5) is 5.82 Å². The average molecular weight is 305 g/mol. The molecule has 0 saturated heterocycles. The van der Waals surface area contributed by atoms with E-state index < -0.39 is 0 Å². The number of halogens is 1. The average Bonchev–Trinajstić information content (AvgIpc) is 2.85. The summed E-state index contributed by atoms with van der Waals surface area (Å²) in [5.74, 6) is 1.15. The normalized spacial score (nSPS) is 20.5. The van der Waals surface area contributed by atoms with Gasteiger partial charge in [0, 0.05) is 23.9 Å². The molecule has 0 N–H and O–H groups in total. The number of carbonyl (C=O) groups is 1. The van der Waals surface area contributed by atoms with E-state index in [2.05, 4.69) is 22.7 Å². The number of ketones is 1. The number of nitrogens with zero attached hydrogens (tertiary/aromatic N) is 4. The van der Waals surface area contributed by atoms with E-state index in [0.717, 1.165) is 25.0 Å². The van der Waals surface area contributed by atoms with Gasteiger partial charge in [-0.1, -0.05) is 6.08 Å². The van der Waals surface area contributed by atoms with Crippen LogP contribution in [0.1, 0.15) is 31.2 Å². The van der Waals surface area contributed by atoms with Gasteiger partial charge in [-0.15, -0.1) is 18.2 Å². The lowest BCUT2D eigenvalue weighted by molar-refractivity contribution is -0.122. The third-order valence-corrected chi connectivity index (χ3v) is 3.73. The highest BCUT2D eigenvalue weighted by molar-refractivity contribution is 6.17. The summed E-state index contributed by atoms with van der Waals surface area (Å²) in [5, 5.41) is 13.2. The maximum absolute atomic E-state index is 12.1. The Balaban J connectivity index is 2.21. The second-order valence-electron chi connectivity index (χ2n) is 4.99. The van der Waals surface area contributed by atoms with Gasteiger partial charge in [0.2, 0.25) is 0 Å². The van der Waals surface area contributed by atoms with Crippen molar-refractivity contribution in [1.29, 1.82) is 5.26 Å². The maximum atomic E-state index is 12.1. The number of rotatable bonds is 5. The molecule has 6 heteroatoms. The van der Waals surface area contributed by atoms with Crippen LogP contribution in [0.25, 0.3) is 0 Å². The summed E-state index contributed by atoms with van der Waals surface area (Å²) >= 11 is 5.72. The molecular weight excluding hydrogens is 288 g/mol. The van der Waals surface area contributed by atoms with Crippen molar-refractivity contribution < 1.29 is 4.79 Å². The van der Waals surface area contributed by atoms with Crippen LogP contribution >= 0.6 is 11.6 Å². The third kappa shape index (κ3) is 3.59. The lowest BCUT2D eigenvalue weighted by Gasteiger charge is -2.20. The topological polar surface area (TPSA) is 71.0 Å². The monoisotopic (exact) mass is 304 g/mol. The lowest BCUT2D eigenvalue weighted by Crippen LogP contribution is -2.24. The molecule has 0 spiro atoms. The number of carbonyl (C=O) groups excluding carboxylic acids is 1.